The molecule has 14 heavy (non-hydrogen) atoms. The third-order valence-electron chi connectivity index (χ3n) is 2.16. The van der Waals surface area contributed by atoms with Gasteiger partial charge in [0.15, 0.2) is 0 Å². The molecule has 1 rings (SSSR count). The molecule has 0 nitrogen and oxygen atoms in total. The van der Waals surface area contributed by atoms with Crippen molar-refractivity contribution >= 4 is 0 Å². The standard InChI is InChI=1S/C10H10F4/c1-3-7-4-8(10(12,13)14)5-9(11)6(7)2/h4-5H,3H2,1-2H3. The Morgan fingerprint density at radius 1 is 1.21 bits per heavy atom. The van der Waals surface area contributed by atoms with E-state index in [1.54, 1.807) is 6.92 Å². The molecular weight excluding hydrogens is 196 g/mol. The van der Waals surface area contributed by atoms with Crippen LogP contribution in [-0.4, -0.2) is 0 Å². The molecule has 0 aliphatic carbocycles. The first-order chi connectivity index (χ1) is 6.36. The van der Waals surface area contributed by atoms with Gasteiger partial charge in [-0.05, 0) is 36.6 Å². The molecule has 0 aromatic heterocycles. The Hall–Kier alpha value is -1.06. The maximum Gasteiger partial charge on any atom is 0.416 e. The highest BCUT2D eigenvalue weighted by Gasteiger charge is 2.31. The lowest BCUT2D eigenvalue weighted by atomic mass is 10.0. The Kier molecular flexibility index (Phi) is 2.83. The fraction of sp³-hybridized carbons (Fsp3) is 0.400. The molecule has 0 atom stereocenters. The Morgan fingerprint density at radius 2 is 1.79 bits per heavy atom. The summed E-state index contributed by atoms with van der Waals surface area (Å²) in [7, 11) is 0. The maximum absolute atomic E-state index is 13.1. The van der Waals surface area contributed by atoms with Gasteiger partial charge in [-0.3, -0.25) is 0 Å². The first-order valence-electron chi connectivity index (χ1n) is 4.22. The largest absolute Gasteiger partial charge is 0.416 e. The second kappa shape index (κ2) is 3.59. The first-order valence-corrected chi connectivity index (χ1v) is 4.22. The summed E-state index contributed by atoms with van der Waals surface area (Å²) < 4.78 is 49.8. The minimum atomic E-state index is -4.47. The zero-order chi connectivity index (χ0) is 10.9. The molecule has 0 aliphatic heterocycles. The summed E-state index contributed by atoms with van der Waals surface area (Å²) in [6, 6.07) is 1.53. The van der Waals surface area contributed by atoms with Gasteiger partial charge in [0, 0.05) is 0 Å². The zero-order valence-corrected chi connectivity index (χ0v) is 7.87. The molecule has 0 heterocycles. The number of alkyl halides is 3. The molecule has 4 heteroatoms. The fourth-order valence-corrected chi connectivity index (χ4v) is 1.27. The molecule has 1 aromatic carbocycles. The van der Waals surface area contributed by atoms with Crippen LogP contribution in [0.25, 0.3) is 0 Å². The normalized spacial score (nSPS) is 11.9. The predicted molar refractivity (Wildman–Crippen MR) is 45.5 cm³/mol. The quantitative estimate of drug-likeness (QED) is 0.614. The van der Waals surface area contributed by atoms with E-state index in [4.69, 9.17) is 0 Å². The van der Waals surface area contributed by atoms with Crippen molar-refractivity contribution in [2.75, 3.05) is 0 Å². The maximum atomic E-state index is 13.1. The Labute approximate surface area is 79.6 Å². The van der Waals surface area contributed by atoms with Gasteiger partial charge >= 0.3 is 6.18 Å². The van der Waals surface area contributed by atoms with Crippen molar-refractivity contribution in [3.05, 3.63) is 34.6 Å². The number of aryl methyl sites for hydroxylation is 1. The van der Waals surface area contributed by atoms with Gasteiger partial charge in [-0.25, -0.2) is 4.39 Å². The van der Waals surface area contributed by atoms with Gasteiger partial charge < -0.3 is 0 Å². The number of hydrogen-bond acceptors (Lipinski definition) is 0. The summed E-state index contributed by atoms with van der Waals surface area (Å²) in [6.45, 7) is 3.18. The van der Waals surface area contributed by atoms with E-state index < -0.39 is 17.6 Å². The third-order valence-corrected chi connectivity index (χ3v) is 2.16. The van der Waals surface area contributed by atoms with Crippen LogP contribution in [0.5, 0.6) is 0 Å². The minimum absolute atomic E-state index is 0.292. The van der Waals surface area contributed by atoms with Gasteiger partial charge in [-0.1, -0.05) is 6.92 Å². The highest BCUT2D eigenvalue weighted by molar-refractivity contribution is 5.33. The molecule has 0 unspecified atom stereocenters. The zero-order valence-electron chi connectivity index (χ0n) is 7.87. The summed E-state index contributed by atoms with van der Waals surface area (Å²) >= 11 is 0. The smallest absolute Gasteiger partial charge is 0.207 e. The lowest BCUT2D eigenvalue weighted by Gasteiger charge is -2.11. The van der Waals surface area contributed by atoms with Crippen LogP contribution in [-0.2, 0) is 12.6 Å². The lowest BCUT2D eigenvalue weighted by Crippen LogP contribution is -2.07. The fourth-order valence-electron chi connectivity index (χ4n) is 1.27. The van der Waals surface area contributed by atoms with Crippen LogP contribution >= 0.6 is 0 Å². The summed E-state index contributed by atoms with van der Waals surface area (Å²) in [5.41, 5.74) is -0.227. The van der Waals surface area contributed by atoms with E-state index >= 15 is 0 Å². The topological polar surface area (TPSA) is 0 Å². The Bertz CT molecular complexity index is 339. The molecule has 0 fully saturated rings. The highest BCUT2D eigenvalue weighted by atomic mass is 19.4. The van der Waals surface area contributed by atoms with Crippen molar-refractivity contribution < 1.29 is 17.6 Å². The van der Waals surface area contributed by atoms with Crippen LogP contribution in [0, 0.1) is 12.7 Å². The van der Waals surface area contributed by atoms with E-state index in [2.05, 4.69) is 0 Å². The molecule has 0 spiro atoms. The van der Waals surface area contributed by atoms with Crippen LogP contribution in [0.15, 0.2) is 12.1 Å². The van der Waals surface area contributed by atoms with Crippen LogP contribution in [0.1, 0.15) is 23.6 Å². The lowest BCUT2D eigenvalue weighted by molar-refractivity contribution is -0.137. The molecule has 0 radical (unpaired) electrons. The average Bonchev–Trinajstić information content (AvgIpc) is 2.07. The van der Waals surface area contributed by atoms with Crippen LogP contribution < -0.4 is 0 Å². The molecule has 0 N–H and O–H groups in total. The van der Waals surface area contributed by atoms with Crippen molar-refractivity contribution in [3.63, 3.8) is 0 Å². The predicted octanol–water partition coefficient (Wildman–Crippen LogP) is 3.72. The second-order valence-electron chi connectivity index (χ2n) is 3.09. The van der Waals surface area contributed by atoms with Crippen LogP contribution in [0.3, 0.4) is 0 Å². The van der Waals surface area contributed by atoms with Gasteiger partial charge in [-0.2, -0.15) is 13.2 Å². The second-order valence-corrected chi connectivity index (χ2v) is 3.09. The van der Waals surface area contributed by atoms with Crippen LogP contribution in [0.4, 0.5) is 17.6 Å². The van der Waals surface area contributed by atoms with Crippen molar-refractivity contribution in [2.45, 2.75) is 26.4 Å². The van der Waals surface area contributed by atoms with E-state index in [0.29, 0.717) is 23.6 Å². The Balaban J connectivity index is 3.30. The van der Waals surface area contributed by atoms with Gasteiger partial charge in [0.2, 0.25) is 0 Å². The van der Waals surface area contributed by atoms with Crippen molar-refractivity contribution in [3.8, 4) is 0 Å². The SMILES string of the molecule is CCc1cc(C(F)(F)F)cc(F)c1C. The van der Waals surface area contributed by atoms with Gasteiger partial charge in [0.1, 0.15) is 5.82 Å². The number of hydrogen-bond donors (Lipinski definition) is 0. The van der Waals surface area contributed by atoms with Crippen LogP contribution in [0.2, 0.25) is 0 Å². The van der Waals surface area contributed by atoms with E-state index in [0.717, 1.165) is 6.07 Å². The molecule has 78 valence electrons. The minimum Gasteiger partial charge on any atom is -0.207 e. The van der Waals surface area contributed by atoms with E-state index in [9.17, 15) is 17.6 Å². The summed E-state index contributed by atoms with van der Waals surface area (Å²) in [5, 5.41) is 0. The third kappa shape index (κ3) is 2.05. The van der Waals surface area contributed by atoms with Crippen molar-refractivity contribution in [1.82, 2.24) is 0 Å². The van der Waals surface area contributed by atoms with Crippen molar-refractivity contribution in [2.24, 2.45) is 0 Å². The first kappa shape index (κ1) is 11.0. The van der Waals surface area contributed by atoms with Gasteiger partial charge in [0.25, 0.3) is 0 Å². The number of rotatable bonds is 1. The summed E-state index contributed by atoms with van der Waals surface area (Å²) in [5.74, 6) is -0.795. The number of halogens is 4. The molecule has 0 saturated heterocycles. The molecular formula is C10H10F4. The van der Waals surface area contributed by atoms with E-state index in [-0.39, 0.29) is 0 Å². The molecule has 0 bridgehead atoms. The van der Waals surface area contributed by atoms with E-state index in [1.807, 2.05) is 0 Å². The summed E-state index contributed by atoms with van der Waals surface area (Å²) in [6.07, 6.45) is -4.08. The molecule has 0 aliphatic rings. The summed E-state index contributed by atoms with van der Waals surface area (Å²) in [4.78, 5) is 0. The number of benzene rings is 1. The van der Waals surface area contributed by atoms with Gasteiger partial charge in [-0.15, -0.1) is 0 Å². The monoisotopic (exact) mass is 206 g/mol. The average molecular weight is 206 g/mol. The Morgan fingerprint density at radius 3 is 2.21 bits per heavy atom. The molecule has 0 saturated carbocycles. The highest BCUT2D eigenvalue weighted by Crippen LogP contribution is 2.31. The molecule has 1 aromatic rings. The van der Waals surface area contributed by atoms with Crippen molar-refractivity contribution in [1.29, 1.82) is 0 Å². The van der Waals surface area contributed by atoms with Gasteiger partial charge in [0.05, 0.1) is 5.56 Å². The molecule has 0 amide bonds. The van der Waals surface area contributed by atoms with E-state index in [1.165, 1.54) is 6.92 Å².